The molecule has 1 rings (SSSR count). The first kappa shape index (κ1) is 8.96. The number of nitrogens with one attached hydrogen (secondary N) is 1. The van der Waals surface area contributed by atoms with Crippen LogP contribution < -0.4 is 11.3 Å². The number of aromatic nitrogens is 1. The molecule has 0 radical (unpaired) electrons. The largest absolute Gasteiger partial charge is 0.395 e. The average molecular weight is 168 g/mol. The van der Waals surface area contributed by atoms with Crippen molar-refractivity contribution in [1.29, 1.82) is 0 Å². The zero-order valence-electron chi connectivity index (χ0n) is 6.66. The average Bonchev–Trinajstić information content (AvgIpc) is 2.09. The summed E-state index contributed by atoms with van der Waals surface area (Å²) in [5, 5.41) is 8.65. The summed E-state index contributed by atoms with van der Waals surface area (Å²) in [4.78, 5) is 13.6. The van der Waals surface area contributed by atoms with E-state index in [1.807, 2.05) is 0 Å². The smallest absolute Gasteiger partial charge is 0.251 e. The van der Waals surface area contributed by atoms with Crippen molar-refractivity contribution in [3.63, 3.8) is 0 Å². The number of aliphatic hydroxyl groups is 1. The van der Waals surface area contributed by atoms with E-state index in [0.29, 0.717) is 12.0 Å². The van der Waals surface area contributed by atoms with Crippen LogP contribution in [0.5, 0.6) is 0 Å². The monoisotopic (exact) mass is 168 g/mol. The predicted octanol–water partition coefficient (Wildman–Crippen LogP) is -0.763. The van der Waals surface area contributed by atoms with E-state index in [1.165, 1.54) is 0 Å². The molecule has 0 aliphatic carbocycles. The fourth-order valence-electron chi connectivity index (χ4n) is 0.964. The Morgan fingerprint density at radius 3 is 3.00 bits per heavy atom. The van der Waals surface area contributed by atoms with E-state index in [-0.39, 0.29) is 18.2 Å². The van der Waals surface area contributed by atoms with Gasteiger partial charge in [-0.25, -0.2) is 0 Å². The Morgan fingerprint density at radius 1 is 1.67 bits per heavy atom. The summed E-state index contributed by atoms with van der Waals surface area (Å²) in [6.45, 7) is -0.103. The topological polar surface area (TPSA) is 79.1 Å². The molecule has 1 heterocycles. The van der Waals surface area contributed by atoms with Gasteiger partial charge in [0.15, 0.2) is 0 Å². The number of rotatable bonds is 3. The number of H-pyrrole nitrogens is 1. The van der Waals surface area contributed by atoms with Crippen LogP contribution in [0.25, 0.3) is 0 Å². The second kappa shape index (κ2) is 4.04. The summed E-state index contributed by atoms with van der Waals surface area (Å²) in [7, 11) is 0. The highest BCUT2D eigenvalue weighted by Crippen LogP contribution is 1.93. The highest BCUT2D eigenvalue weighted by Gasteiger charge is 2.04. The SMILES string of the molecule is N[C@H](CO)Cc1ccc[nH]c1=O. The van der Waals surface area contributed by atoms with Crippen molar-refractivity contribution in [2.75, 3.05) is 6.61 Å². The molecule has 0 aliphatic heterocycles. The van der Waals surface area contributed by atoms with E-state index in [0.717, 1.165) is 0 Å². The summed E-state index contributed by atoms with van der Waals surface area (Å²) in [5.74, 6) is 0. The molecule has 0 saturated carbocycles. The number of aromatic amines is 1. The van der Waals surface area contributed by atoms with E-state index >= 15 is 0 Å². The third-order valence-electron chi connectivity index (χ3n) is 1.62. The van der Waals surface area contributed by atoms with Gasteiger partial charge in [-0.3, -0.25) is 4.79 Å². The molecule has 12 heavy (non-hydrogen) atoms. The molecular weight excluding hydrogens is 156 g/mol. The molecule has 0 aromatic carbocycles. The van der Waals surface area contributed by atoms with E-state index in [2.05, 4.69) is 4.98 Å². The molecule has 0 saturated heterocycles. The molecule has 0 unspecified atom stereocenters. The van der Waals surface area contributed by atoms with Gasteiger partial charge in [0.2, 0.25) is 0 Å². The Morgan fingerprint density at radius 2 is 2.42 bits per heavy atom. The minimum absolute atomic E-state index is 0.103. The minimum atomic E-state index is -0.353. The van der Waals surface area contributed by atoms with E-state index in [1.54, 1.807) is 18.3 Å². The maximum atomic E-state index is 11.1. The Hall–Kier alpha value is -1.13. The number of hydrogen-bond donors (Lipinski definition) is 3. The van der Waals surface area contributed by atoms with Crippen molar-refractivity contribution in [2.45, 2.75) is 12.5 Å². The van der Waals surface area contributed by atoms with Gasteiger partial charge >= 0.3 is 0 Å². The van der Waals surface area contributed by atoms with Gasteiger partial charge < -0.3 is 15.8 Å². The lowest BCUT2D eigenvalue weighted by molar-refractivity contribution is 0.265. The molecule has 66 valence electrons. The van der Waals surface area contributed by atoms with E-state index in [4.69, 9.17) is 10.8 Å². The molecule has 1 atom stereocenters. The molecule has 4 N–H and O–H groups in total. The van der Waals surface area contributed by atoms with Gasteiger partial charge in [-0.1, -0.05) is 6.07 Å². The van der Waals surface area contributed by atoms with Gasteiger partial charge in [0, 0.05) is 17.8 Å². The molecule has 0 bridgehead atoms. The van der Waals surface area contributed by atoms with Gasteiger partial charge in [0.1, 0.15) is 0 Å². The van der Waals surface area contributed by atoms with Gasteiger partial charge in [-0.05, 0) is 12.5 Å². The normalized spacial score (nSPS) is 12.8. The summed E-state index contributed by atoms with van der Waals surface area (Å²) >= 11 is 0. The Balaban J connectivity index is 2.76. The van der Waals surface area contributed by atoms with Crippen LogP contribution in [-0.4, -0.2) is 22.7 Å². The molecule has 0 spiro atoms. The second-order valence-electron chi connectivity index (χ2n) is 2.67. The number of nitrogens with two attached hydrogens (primary N) is 1. The van der Waals surface area contributed by atoms with Gasteiger partial charge in [0.25, 0.3) is 5.56 Å². The first-order valence-electron chi connectivity index (χ1n) is 3.77. The van der Waals surface area contributed by atoms with Crippen LogP contribution in [0.15, 0.2) is 23.1 Å². The summed E-state index contributed by atoms with van der Waals surface area (Å²) in [6, 6.07) is 3.09. The molecular formula is C8H12N2O2. The van der Waals surface area contributed by atoms with Crippen molar-refractivity contribution in [1.82, 2.24) is 4.98 Å². The Kier molecular flexibility index (Phi) is 3.01. The van der Waals surface area contributed by atoms with Gasteiger partial charge in [-0.15, -0.1) is 0 Å². The molecule has 1 aromatic heterocycles. The third-order valence-corrected chi connectivity index (χ3v) is 1.62. The number of pyridine rings is 1. The summed E-state index contributed by atoms with van der Waals surface area (Å²) in [5.41, 5.74) is 5.94. The highest BCUT2D eigenvalue weighted by molar-refractivity contribution is 5.10. The lowest BCUT2D eigenvalue weighted by Crippen LogP contribution is -2.29. The lowest BCUT2D eigenvalue weighted by atomic mass is 10.1. The van der Waals surface area contributed by atoms with Crippen LogP contribution in [0.3, 0.4) is 0 Å². The third kappa shape index (κ3) is 2.18. The maximum Gasteiger partial charge on any atom is 0.251 e. The van der Waals surface area contributed by atoms with Crippen LogP contribution in [0.1, 0.15) is 5.56 Å². The number of hydrogen-bond acceptors (Lipinski definition) is 3. The van der Waals surface area contributed by atoms with Crippen LogP contribution in [-0.2, 0) is 6.42 Å². The minimum Gasteiger partial charge on any atom is -0.395 e. The van der Waals surface area contributed by atoms with Crippen LogP contribution >= 0.6 is 0 Å². The molecule has 1 aromatic rings. The van der Waals surface area contributed by atoms with Crippen molar-refractivity contribution in [2.24, 2.45) is 5.73 Å². The summed E-state index contributed by atoms with van der Waals surface area (Å²) in [6.07, 6.45) is 1.98. The van der Waals surface area contributed by atoms with Gasteiger partial charge in [-0.2, -0.15) is 0 Å². The molecule has 0 fully saturated rings. The van der Waals surface area contributed by atoms with Crippen LogP contribution in [0.4, 0.5) is 0 Å². The van der Waals surface area contributed by atoms with Gasteiger partial charge in [0.05, 0.1) is 6.61 Å². The molecule has 4 nitrogen and oxygen atoms in total. The molecule has 0 aliphatic rings. The fourth-order valence-corrected chi connectivity index (χ4v) is 0.964. The zero-order valence-corrected chi connectivity index (χ0v) is 6.66. The standard InChI is InChI=1S/C8H12N2O2/c9-7(5-11)4-6-2-1-3-10-8(6)12/h1-3,7,11H,4-5,9H2,(H,10,12)/t7-/m0/s1. The first-order chi connectivity index (χ1) is 5.74. The molecule has 0 amide bonds. The lowest BCUT2D eigenvalue weighted by Gasteiger charge is -2.05. The summed E-state index contributed by atoms with van der Waals surface area (Å²) < 4.78 is 0. The van der Waals surface area contributed by atoms with Crippen LogP contribution in [0.2, 0.25) is 0 Å². The van der Waals surface area contributed by atoms with Crippen molar-refractivity contribution in [3.05, 3.63) is 34.2 Å². The van der Waals surface area contributed by atoms with Crippen molar-refractivity contribution < 1.29 is 5.11 Å². The van der Waals surface area contributed by atoms with E-state index < -0.39 is 0 Å². The number of aliphatic hydroxyl groups excluding tert-OH is 1. The van der Waals surface area contributed by atoms with Crippen molar-refractivity contribution in [3.8, 4) is 0 Å². The van der Waals surface area contributed by atoms with Crippen LogP contribution in [0, 0.1) is 0 Å². The van der Waals surface area contributed by atoms with Crippen molar-refractivity contribution >= 4 is 0 Å². The fraction of sp³-hybridized carbons (Fsp3) is 0.375. The predicted molar refractivity (Wildman–Crippen MR) is 45.8 cm³/mol. The first-order valence-corrected chi connectivity index (χ1v) is 3.77. The quantitative estimate of drug-likeness (QED) is 0.555. The molecule has 4 heteroatoms. The Bertz CT molecular complexity index is 295. The maximum absolute atomic E-state index is 11.1. The second-order valence-corrected chi connectivity index (χ2v) is 2.67. The highest BCUT2D eigenvalue weighted by atomic mass is 16.3. The zero-order chi connectivity index (χ0) is 8.97. The van der Waals surface area contributed by atoms with E-state index in [9.17, 15) is 4.79 Å². The Labute approximate surface area is 70.0 Å².